The lowest BCUT2D eigenvalue weighted by Crippen LogP contribution is -2.15. The summed E-state index contributed by atoms with van der Waals surface area (Å²) < 4.78 is 2.52. The topological polar surface area (TPSA) is 46.9 Å². The Morgan fingerprint density at radius 3 is 2.50 bits per heavy atom. The summed E-state index contributed by atoms with van der Waals surface area (Å²) in [5.74, 6) is 0.420. The highest BCUT2D eigenvalue weighted by atomic mass is 79.9. The predicted octanol–water partition coefficient (Wildman–Crippen LogP) is 4.53. The second-order valence-corrected chi connectivity index (χ2v) is 6.65. The molecule has 1 aromatic heterocycles. The molecule has 0 aliphatic carbocycles. The van der Waals surface area contributed by atoms with Gasteiger partial charge in [0.15, 0.2) is 5.82 Å². The Kier molecular flexibility index (Phi) is 5.33. The second kappa shape index (κ2) is 7.64. The number of hydrogen-bond acceptors (Lipinski definition) is 2. The van der Waals surface area contributed by atoms with Gasteiger partial charge in [-0.3, -0.25) is 9.48 Å². The van der Waals surface area contributed by atoms with Crippen molar-refractivity contribution in [3.05, 3.63) is 81.4 Å². The smallest absolute Gasteiger partial charge is 0.230 e. The van der Waals surface area contributed by atoms with Crippen molar-refractivity contribution in [2.45, 2.75) is 13.0 Å². The van der Waals surface area contributed by atoms with E-state index in [1.165, 1.54) is 0 Å². The van der Waals surface area contributed by atoms with E-state index in [4.69, 9.17) is 11.6 Å². The summed E-state index contributed by atoms with van der Waals surface area (Å²) in [5, 5.41) is 7.95. The van der Waals surface area contributed by atoms with Crippen LogP contribution in [0.4, 0.5) is 5.82 Å². The van der Waals surface area contributed by atoms with E-state index in [1.807, 2.05) is 60.8 Å². The van der Waals surface area contributed by atoms with E-state index in [-0.39, 0.29) is 5.91 Å². The van der Waals surface area contributed by atoms with Gasteiger partial charge in [-0.15, -0.1) is 0 Å². The molecule has 1 amide bonds. The van der Waals surface area contributed by atoms with Gasteiger partial charge in [0.05, 0.1) is 17.4 Å². The third-order valence-electron chi connectivity index (χ3n) is 3.44. The minimum atomic E-state index is -0.0985. The molecular formula is C18H15BrClN3O. The van der Waals surface area contributed by atoms with Crippen molar-refractivity contribution in [3.63, 3.8) is 0 Å². The molecule has 122 valence electrons. The molecule has 0 aliphatic heterocycles. The molecule has 0 saturated carbocycles. The first-order chi connectivity index (χ1) is 11.6. The molecule has 1 heterocycles. The van der Waals surface area contributed by atoms with E-state index >= 15 is 0 Å². The zero-order chi connectivity index (χ0) is 16.9. The van der Waals surface area contributed by atoms with Crippen LogP contribution in [0.15, 0.2) is 65.3 Å². The normalized spacial score (nSPS) is 10.6. The van der Waals surface area contributed by atoms with Gasteiger partial charge in [0, 0.05) is 11.2 Å². The van der Waals surface area contributed by atoms with Gasteiger partial charge in [-0.05, 0) is 39.2 Å². The molecule has 0 radical (unpaired) electrons. The number of rotatable bonds is 5. The molecule has 0 bridgehead atoms. The number of hydrogen-bond donors (Lipinski definition) is 1. The third-order valence-corrected chi connectivity index (χ3v) is 4.27. The van der Waals surface area contributed by atoms with Crippen molar-refractivity contribution >= 4 is 39.3 Å². The van der Waals surface area contributed by atoms with E-state index < -0.39 is 0 Å². The van der Waals surface area contributed by atoms with Crippen molar-refractivity contribution < 1.29 is 4.79 Å². The lowest BCUT2D eigenvalue weighted by molar-refractivity contribution is -0.115. The summed E-state index contributed by atoms with van der Waals surface area (Å²) in [4.78, 5) is 12.1. The van der Waals surface area contributed by atoms with Crippen LogP contribution < -0.4 is 5.32 Å². The van der Waals surface area contributed by atoms with Gasteiger partial charge in [0.1, 0.15) is 0 Å². The Labute approximate surface area is 153 Å². The number of carbonyl (C=O) groups is 1. The summed E-state index contributed by atoms with van der Waals surface area (Å²) in [6.07, 6.45) is 2.16. The van der Waals surface area contributed by atoms with Crippen molar-refractivity contribution in [1.82, 2.24) is 9.78 Å². The fourth-order valence-electron chi connectivity index (χ4n) is 2.30. The minimum absolute atomic E-state index is 0.0985. The minimum Gasteiger partial charge on any atom is -0.308 e. The molecule has 0 fully saturated rings. The van der Waals surface area contributed by atoms with E-state index in [0.29, 0.717) is 23.8 Å². The Morgan fingerprint density at radius 1 is 1.08 bits per heavy atom. The Balaban J connectivity index is 1.65. The molecule has 1 N–H and O–H groups in total. The van der Waals surface area contributed by atoms with Crippen LogP contribution in [0, 0.1) is 0 Å². The third kappa shape index (κ3) is 4.46. The molecule has 6 heteroatoms. The Hall–Kier alpha value is -2.11. The molecule has 0 aliphatic rings. The number of benzene rings is 2. The van der Waals surface area contributed by atoms with Crippen LogP contribution in [0.5, 0.6) is 0 Å². The highest BCUT2D eigenvalue weighted by Gasteiger charge is 2.11. The predicted molar refractivity (Wildman–Crippen MR) is 99.3 cm³/mol. The van der Waals surface area contributed by atoms with Crippen molar-refractivity contribution in [1.29, 1.82) is 0 Å². The van der Waals surface area contributed by atoms with Crippen LogP contribution in [0.2, 0.25) is 5.02 Å². The Bertz CT molecular complexity index is 831. The summed E-state index contributed by atoms with van der Waals surface area (Å²) >= 11 is 9.33. The fourth-order valence-corrected chi connectivity index (χ4v) is 2.84. The molecule has 0 atom stereocenters. The summed E-state index contributed by atoms with van der Waals surface area (Å²) in [6, 6.07) is 17.2. The van der Waals surface area contributed by atoms with Crippen LogP contribution in [-0.2, 0) is 17.8 Å². The maximum atomic E-state index is 12.1. The lowest BCUT2D eigenvalue weighted by atomic mass is 10.1. The van der Waals surface area contributed by atoms with Crippen LogP contribution in [-0.4, -0.2) is 15.7 Å². The van der Waals surface area contributed by atoms with Gasteiger partial charge < -0.3 is 5.32 Å². The van der Waals surface area contributed by atoms with Gasteiger partial charge in [-0.25, -0.2) is 0 Å². The molecule has 0 spiro atoms. The van der Waals surface area contributed by atoms with E-state index in [0.717, 1.165) is 15.6 Å². The molecule has 3 rings (SSSR count). The fraction of sp³-hybridized carbons (Fsp3) is 0.111. The van der Waals surface area contributed by atoms with Gasteiger partial charge in [0.2, 0.25) is 5.91 Å². The average molecular weight is 405 g/mol. The molecule has 0 saturated heterocycles. The van der Waals surface area contributed by atoms with Crippen LogP contribution in [0.25, 0.3) is 0 Å². The first-order valence-electron chi connectivity index (χ1n) is 7.41. The van der Waals surface area contributed by atoms with Crippen molar-refractivity contribution in [2.75, 3.05) is 5.32 Å². The van der Waals surface area contributed by atoms with Crippen molar-refractivity contribution in [3.8, 4) is 0 Å². The number of carbonyl (C=O) groups excluding carboxylic acids is 1. The maximum Gasteiger partial charge on any atom is 0.230 e. The number of amides is 1. The average Bonchev–Trinajstić information content (AvgIpc) is 2.90. The lowest BCUT2D eigenvalue weighted by Gasteiger charge is -2.04. The molecule has 0 unspecified atom stereocenters. The second-order valence-electron chi connectivity index (χ2n) is 5.36. The first kappa shape index (κ1) is 16.7. The quantitative estimate of drug-likeness (QED) is 0.679. The maximum absolute atomic E-state index is 12.1. The van der Waals surface area contributed by atoms with Gasteiger partial charge in [0.25, 0.3) is 0 Å². The van der Waals surface area contributed by atoms with Crippen molar-refractivity contribution in [2.24, 2.45) is 0 Å². The first-order valence-corrected chi connectivity index (χ1v) is 8.58. The summed E-state index contributed by atoms with van der Waals surface area (Å²) in [7, 11) is 0. The highest BCUT2D eigenvalue weighted by molar-refractivity contribution is 9.10. The van der Waals surface area contributed by atoms with Gasteiger partial charge in [-0.2, -0.15) is 5.10 Å². The molecule has 24 heavy (non-hydrogen) atoms. The summed E-state index contributed by atoms with van der Waals surface area (Å²) in [6.45, 7) is 0.602. The standard InChI is InChI=1S/C18H15BrClN3O/c19-16-12-23(11-14-6-8-15(20)9-7-14)22-18(16)21-17(24)10-13-4-2-1-3-5-13/h1-9,12H,10-11H2,(H,21,22,24). The number of halogens is 2. The van der Waals surface area contributed by atoms with Crippen LogP contribution in [0.1, 0.15) is 11.1 Å². The molecular weight excluding hydrogens is 390 g/mol. The highest BCUT2D eigenvalue weighted by Crippen LogP contribution is 2.21. The van der Waals surface area contributed by atoms with Gasteiger partial charge >= 0.3 is 0 Å². The number of aromatic nitrogens is 2. The zero-order valence-electron chi connectivity index (χ0n) is 12.7. The largest absolute Gasteiger partial charge is 0.308 e. The van der Waals surface area contributed by atoms with E-state index in [9.17, 15) is 4.79 Å². The van der Waals surface area contributed by atoms with Crippen LogP contribution >= 0.6 is 27.5 Å². The monoisotopic (exact) mass is 403 g/mol. The molecule has 4 nitrogen and oxygen atoms in total. The van der Waals surface area contributed by atoms with E-state index in [2.05, 4.69) is 26.3 Å². The zero-order valence-corrected chi connectivity index (χ0v) is 15.1. The Morgan fingerprint density at radius 2 is 1.79 bits per heavy atom. The molecule has 2 aromatic carbocycles. The van der Waals surface area contributed by atoms with E-state index in [1.54, 1.807) is 4.68 Å². The van der Waals surface area contributed by atoms with Gasteiger partial charge in [-0.1, -0.05) is 54.1 Å². The SMILES string of the molecule is O=C(Cc1ccccc1)Nc1nn(Cc2ccc(Cl)cc2)cc1Br. The number of nitrogens with one attached hydrogen (secondary N) is 1. The number of anilines is 1. The molecule has 3 aromatic rings. The summed E-state index contributed by atoms with van der Waals surface area (Å²) in [5.41, 5.74) is 2.04. The number of nitrogens with zero attached hydrogens (tertiary/aromatic N) is 2. The van der Waals surface area contributed by atoms with Crippen LogP contribution in [0.3, 0.4) is 0 Å².